The van der Waals surface area contributed by atoms with Crippen molar-refractivity contribution in [2.45, 2.75) is 12.6 Å². The van der Waals surface area contributed by atoms with Gasteiger partial charge >= 0.3 is 0 Å². The number of methoxy groups -OCH3 is 1. The van der Waals surface area contributed by atoms with Gasteiger partial charge in [-0.3, -0.25) is 4.79 Å². The number of ether oxygens (including phenoxy) is 2. The fourth-order valence-corrected chi connectivity index (χ4v) is 1.88. The van der Waals surface area contributed by atoms with Crippen LogP contribution in [0.2, 0.25) is 0 Å². The summed E-state index contributed by atoms with van der Waals surface area (Å²) in [5.74, 6) is 0.689. The van der Waals surface area contributed by atoms with Crippen LogP contribution in [-0.2, 0) is 16.1 Å². The lowest BCUT2D eigenvalue weighted by Crippen LogP contribution is -2.47. The van der Waals surface area contributed by atoms with Crippen LogP contribution in [0.4, 0.5) is 0 Å². The van der Waals surface area contributed by atoms with E-state index in [1.54, 1.807) is 7.11 Å². The molecule has 0 aromatic heterocycles. The second-order valence-electron chi connectivity index (χ2n) is 4.09. The van der Waals surface area contributed by atoms with Crippen molar-refractivity contribution in [3.63, 3.8) is 0 Å². The van der Waals surface area contributed by atoms with Crippen LogP contribution in [0.3, 0.4) is 0 Å². The number of carbonyl (C=O) groups excluding carboxylic acids is 1. The van der Waals surface area contributed by atoms with E-state index in [0.29, 0.717) is 19.7 Å². The number of nitrogens with one attached hydrogen (secondary N) is 2. The van der Waals surface area contributed by atoms with Gasteiger partial charge in [0.15, 0.2) is 0 Å². The van der Waals surface area contributed by atoms with Crippen LogP contribution in [0.1, 0.15) is 5.56 Å². The highest BCUT2D eigenvalue weighted by Gasteiger charge is 2.21. The number of hydrogen-bond donors (Lipinski definition) is 2. The second-order valence-corrected chi connectivity index (χ2v) is 4.09. The minimum absolute atomic E-state index is 0. The number of amides is 1. The summed E-state index contributed by atoms with van der Waals surface area (Å²) in [7, 11) is 1.62. The summed E-state index contributed by atoms with van der Waals surface area (Å²) in [6, 6.07) is 7.63. The maximum absolute atomic E-state index is 11.9. The summed E-state index contributed by atoms with van der Waals surface area (Å²) in [4.78, 5) is 11.9. The third-order valence-electron chi connectivity index (χ3n) is 2.87. The minimum atomic E-state index is -0.395. The molecule has 1 heterocycles. The van der Waals surface area contributed by atoms with Crippen molar-refractivity contribution >= 4 is 18.3 Å². The Morgan fingerprint density at radius 2 is 2.32 bits per heavy atom. The number of benzene rings is 1. The van der Waals surface area contributed by atoms with Crippen molar-refractivity contribution < 1.29 is 14.3 Å². The minimum Gasteiger partial charge on any atom is -0.496 e. The molecule has 106 valence electrons. The van der Waals surface area contributed by atoms with Gasteiger partial charge in [0.05, 0.1) is 13.7 Å². The standard InChI is InChI=1S/C13H18N2O3.ClH/c1-17-11-5-3-2-4-10(11)8-15-13(16)12-9-14-6-7-18-12;/h2-5,12,14H,6-9H2,1H3,(H,15,16);1H. The molecule has 1 aromatic rings. The van der Waals surface area contributed by atoms with Crippen molar-refractivity contribution in [2.24, 2.45) is 0 Å². The number of halogens is 1. The molecule has 0 spiro atoms. The van der Waals surface area contributed by atoms with Gasteiger partial charge in [0.2, 0.25) is 0 Å². The third kappa shape index (κ3) is 4.38. The number of carbonyl (C=O) groups is 1. The summed E-state index contributed by atoms with van der Waals surface area (Å²) in [5.41, 5.74) is 0.956. The normalized spacial score (nSPS) is 18.3. The first kappa shape index (κ1) is 15.8. The second kappa shape index (κ2) is 7.99. The summed E-state index contributed by atoms with van der Waals surface area (Å²) in [6.45, 7) is 2.39. The molecule has 1 aliphatic heterocycles. The Bertz CT molecular complexity index is 409. The summed E-state index contributed by atoms with van der Waals surface area (Å²) in [5, 5.41) is 5.99. The molecule has 1 fully saturated rings. The molecule has 0 bridgehead atoms. The predicted molar refractivity (Wildman–Crippen MR) is 74.7 cm³/mol. The zero-order valence-electron chi connectivity index (χ0n) is 10.8. The maximum atomic E-state index is 11.9. The van der Waals surface area contributed by atoms with Crippen LogP contribution in [0, 0.1) is 0 Å². The fraction of sp³-hybridized carbons (Fsp3) is 0.462. The Balaban J connectivity index is 0.00000180. The van der Waals surface area contributed by atoms with E-state index >= 15 is 0 Å². The predicted octanol–water partition coefficient (Wildman–Crippen LogP) is 0.722. The highest BCUT2D eigenvalue weighted by Crippen LogP contribution is 2.16. The molecule has 1 unspecified atom stereocenters. The molecular weight excluding hydrogens is 268 g/mol. The van der Waals surface area contributed by atoms with Crippen LogP contribution in [0.25, 0.3) is 0 Å². The number of morpholine rings is 1. The lowest BCUT2D eigenvalue weighted by atomic mass is 10.2. The SMILES string of the molecule is COc1ccccc1CNC(=O)C1CNCCO1.Cl. The third-order valence-corrected chi connectivity index (χ3v) is 2.87. The van der Waals surface area contributed by atoms with E-state index < -0.39 is 6.10 Å². The van der Waals surface area contributed by atoms with E-state index in [4.69, 9.17) is 9.47 Å². The van der Waals surface area contributed by atoms with Crippen molar-refractivity contribution in [3.05, 3.63) is 29.8 Å². The van der Waals surface area contributed by atoms with Crippen molar-refractivity contribution in [1.29, 1.82) is 0 Å². The van der Waals surface area contributed by atoms with Crippen LogP contribution < -0.4 is 15.4 Å². The molecule has 1 aromatic carbocycles. The monoisotopic (exact) mass is 286 g/mol. The van der Waals surface area contributed by atoms with E-state index in [0.717, 1.165) is 17.9 Å². The Morgan fingerprint density at radius 1 is 1.53 bits per heavy atom. The van der Waals surface area contributed by atoms with Crippen LogP contribution in [0.5, 0.6) is 5.75 Å². The van der Waals surface area contributed by atoms with Crippen LogP contribution in [-0.4, -0.2) is 38.8 Å². The first-order valence-corrected chi connectivity index (χ1v) is 6.03. The molecule has 19 heavy (non-hydrogen) atoms. The van der Waals surface area contributed by atoms with Crippen LogP contribution >= 0.6 is 12.4 Å². The Morgan fingerprint density at radius 3 is 3.00 bits per heavy atom. The molecule has 0 radical (unpaired) electrons. The van der Waals surface area contributed by atoms with Crippen molar-refractivity contribution in [1.82, 2.24) is 10.6 Å². The zero-order valence-corrected chi connectivity index (χ0v) is 11.7. The van der Waals surface area contributed by atoms with Gasteiger partial charge in [-0.2, -0.15) is 0 Å². The number of rotatable bonds is 4. The molecule has 2 rings (SSSR count). The van der Waals surface area contributed by atoms with Gasteiger partial charge in [0.1, 0.15) is 11.9 Å². The lowest BCUT2D eigenvalue weighted by molar-refractivity contribution is -0.134. The van der Waals surface area contributed by atoms with E-state index in [2.05, 4.69) is 10.6 Å². The highest BCUT2D eigenvalue weighted by atomic mass is 35.5. The Kier molecular flexibility index (Phi) is 6.62. The topological polar surface area (TPSA) is 59.6 Å². The van der Waals surface area contributed by atoms with E-state index in [1.807, 2.05) is 24.3 Å². The molecule has 1 saturated heterocycles. The Hall–Kier alpha value is -1.30. The van der Waals surface area contributed by atoms with Crippen molar-refractivity contribution in [2.75, 3.05) is 26.8 Å². The van der Waals surface area contributed by atoms with Gasteiger partial charge in [0.25, 0.3) is 5.91 Å². The maximum Gasteiger partial charge on any atom is 0.250 e. The molecule has 0 saturated carbocycles. The number of para-hydroxylation sites is 1. The first-order valence-electron chi connectivity index (χ1n) is 6.03. The molecular formula is C13H19ClN2O3. The average molecular weight is 287 g/mol. The molecule has 0 aliphatic carbocycles. The molecule has 6 heteroatoms. The van der Waals surface area contributed by atoms with Gasteiger partial charge in [0, 0.05) is 25.2 Å². The largest absolute Gasteiger partial charge is 0.496 e. The van der Waals surface area contributed by atoms with E-state index in [1.165, 1.54) is 0 Å². The Labute approximate surface area is 119 Å². The quantitative estimate of drug-likeness (QED) is 0.856. The molecule has 1 aliphatic rings. The molecule has 2 N–H and O–H groups in total. The summed E-state index contributed by atoms with van der Waals surface area (Å²) < 4.78 is 10.6. The van der Waals surface area contributed by atoms with Gasteiger partial charge in [-0.15, -0.1) is 12.4 Å². The van der Waals surface area contributed by atoms with Gasteiger partial charge in [-0.25, -0.2) is 0 Å². The van der Waals surface area contributed by atoms with Crippen LogP contribution in [0.15, 0.2) is 24.3 Å². The summed E-state index contributed by atoms with van der Waals surface area (Å²) >= 11 is 0. The van der Waals surface area contributed by atoms with E-state index in [9.17, 15) is 4.79 Å². The molecule has 1 atom stereocenters. The first-order chi connectivity index (χ1) is 8.81. The van der Waals surface area contributed by atoms with Crippen molar-refractivity contribution in [3.8, 4) is 5.75 Å². The van der Waals surface area contributed by atoms with Gasteiger partial charge < -0.3 is 20.1 Å². The lowest BCUT2D eigenvalue weighted by Gasteiger charge is -2.22. The van der Waals surface area contributed by atoms with Gasteiger partial charge in [-0.1, -0.05) is 18.2 Å². The molecule has 5 nitrogen and oxygen atoms in total. The number of hydrogen-bond acceptors (Lipinski definition) is 4. The fourth-order valence-electron chi connectivity index (χ4n) is 1.88. The average Bonchev–Trinajstić information content (AvgIpc) is 2.46. The zero-order chi connectivity index (χ0) is 12.8. The molecule has 1 amide bonds. The highest BCUT2D eigenvalue weighted by molar-refractivity contribution is 5.85. The van der Waals surface area contributed by atoms with Gasteiger partial charge in [-0.05, 0) is 6.07 Å². The smallest absolute Gasteiger partial charge is 0.250 e. The summed E-state index contributed by atoms with van der Waals surface area (Å²) in [6.07, 6.45) is -0.395. The van der Waals surface area contributed by atoms with E-state index in [-0.39, 0.29) is 18.3 Å².